The molecule has 0 spiro atoms. The Kier molecular flexibility index (Phi) is 10.8. The van der Waals surface area contributed by atoms with E-state index in [4.69, 9.17) is 0 Å². The molecule has 0 aromatic heterocycles. The molecule has 0 fully saturated rings. The van der Waals surface area contributed by atoms with Crippen molar-refractivity contribution < 1.29 is 7.65 Å². The molecule has 0 aliphatic carbocycles. The van der Waals surface area contributed by atoms with E-state index in [0.717, 1.165) is 13.1 Å². The third kappa shape index (κ3) is 13.2. The molecule has 0 rings (SSSR count). The summed E-state index contributed by atoms with van der Waals surface area (Å²) < 4.78 is 0. The average molecular weight is 222 g/mol. The Labute approximate surface area is 96.8 Å². The number of urea groups is 1. The van der Waals surface area contributed by atoms with Crippen LogP contribution in [0.5, 0.6) is 0 Å². The number of carbonyl (C=O) groups is 1. The van der Waals surface area contributed by atoms with Crippen LogP contribution in [0.2, 0.25) is 0 Å². The third-order valence-corrected chi connectivity index (χ3v) is 1.69. The first kappa shape index (κ1) is 16.6. The molecule has 2 amide bonds. The lowest BCUT2D eigenvalue weighted by Crippen LogP contribution is -2.41. The van der Waals surface area contributed by atoms with Crippen LogP contribution in [-0.2, 0) is 0 Å². The summed E-state index contributed by atoms with van der Waals surface area (Å²) in [6.45, 7) is 3.09. The Morgan fingerprint density at radius 1 is 1.00 bits per heavy atom. The second kappa shape index (κ2) is 9.73. The molecular weight excluding hydrogens is 192 g/mol. The molecule has 0 heterocycles. The van der Waals surface area contributed by atoms with Crippen LogP contribution in [0.25, 0.3) is 0 Å². The highest BCUT2D eigenvalue weighted by Gasteiger charge is 1.98. The molecule has 5 heteroatoms. The van der Waals surface area contributed by atoms with Crippen molar-refractivity contribution in [3.63, 3.8) is 0 Å². The molecule has 0 aromatic rings. The SMILES string of the molecule is C.CN(C)CCNC(=O)NCCN(C)C.[HH].[HH]. The molecule has 0 saturated carbocycles. The number of hydrogen-bond acceptors (Lipinski definition) is 3. The summed E-state index contributed by atoms with van der Waals surface area (Å²) in [5.74, 6) is 0. The van der Waals surface area contributed by atoms with Gasteiger partial charge < -0.3 is 20.4 Å². The number of hydrogen-bond donors (Lipinski definition) is 2. The van der Waals surface area contributed by atoms with Crippen LogP contribution in [0.1, 0.15) is 10.3 Å². The highest BCUT2D eigenvalue weighted by Crippen LogP contribution is 1.73. The lowest BCUT2D eigenvalue weighted by molar-refractivity contribution is 0.238. The van der Waals surface area contributed by atoms with Crippen LogP contribution in [0, 0.1) is 0 Å². The van der Waals surface area contributed by atoms with Crippen molar-refractivity contribution in [3.8, 4) is 0 Å². The van der Waals surface area contributed by atoms with E-state index in [1.54, 1.807) is 0 Å². The molecule has 0 aliphatic rings. The monoisotopic (exact) mass is 222 g/mol. The number of nitrogens with one attached hydrogen (secondary N) is 2. The van der Waals surface area contributed by atoms with E-state index in [0.29, 0.717) is 13.1 Å². The summed E-state index contributed by atoms with van der Waals surface area (Å²) in [5, 5.41) is 5.55. The predicted molar refractivity (Wildman–Crippen MR) is 69.5 cm³/mol. The van der Waals surface area contributed by atoms with Crippen LogP contribution in [-0.4, -0.2) is 70.2 Å². The van der Waals surface area contributed by atoms with Gasteiger partial charge in [-0.25, -0.2) is 4.79 Å². The molecular formula is C10H30N4O. The lowest BCUT2D eigenvalue weighted by Gasteiger charge is -2.12. The maximum absolute atomic E-state index is 11.1. The van der Waals surface area contributed by atoms with Gasteiger partial charge in [-0.1, -0.05) is 7.43 Å². The predicted octanol–water partition coefficient (Wildman–Crippen LogP) is 0.537. The fourth-order valence-corrected chi connectivity index (χ4v) is 0.849. The van der Waals surface area contributed by atoms with E-state index in [9.17, 15) is 4.79 Å². The van der Waals surface area contributed by atoms with Gasteiger partial charge in [0.05, 0.1) is 0 Å². The summed E-state index contributed by atoms with van der Waals surface area (Å²) in [6, 6.07) is -0.0892. The summed E-state index contributed by atoms with van der Waals surface area (Å²) in [6.07, 6.45) is 0. The van der Waals surface area contributed by atoms with Gasteiger partial charge in [0.1, 0.15) is 0 Å². The van der Waals surface area contributed by atoms with E-state index in [1.807, 2.05) is 38.0 Å². The molecule has 0 aromatic carbocycles. The van der Waals surface area contributed by atoms with Crippen LogP contribution < -0.4 is 10.6 Å². The second-order valence-electron chi connectivity index (χ2n) is 3.79. The zero-order valence-electron chi connectivity index (χ0n) is 9.63. The van der Waals surface area contributed by atoms with Crippen LogP contribution >= 0.6 is 0 Å². The smallest absolute Gasteiger partial charge is 0.314 e. The minimum absolute atomic E-state index is 0. The van der Waals surface area contributed by atoms with Crippen molar-refractivity contribution in [1.82, 2.24) is 20.4 Å². The zero-order chi connectivity index (χ0) is 11.0. The van der Waals surface area contributed by atoms with Crippen molar-refractivity contribution in [2.45, 2.75) is 7.43 Å². The molecule has 0 atom stereocenters. The third-order valence-electron chi connectivity index (χ3n) is 1.69. The number of rotatable bonds is 6. The Morgan fingerprint density at radius 2 is 1.33 bits per heavy atom. The van der Waals surface area contributed by atoms with E-state index < -0.39 is 0 Å². The van der Waals surface area contributed by atoms with Crippen LogP contribution in [0.3, 0.4) is 0 Å². The van der Waals surface area contributed by atoms with E-state index in [1.165, 1.54) is 0 Å². The fourth-order valence-electron chi connectivity index (χ4n) is 0.849. The molecule has 15 heavy (non-hydrogen) atoms. The molecule has 5 nitrogen and oxygen atoms in total. The van der Waals surface area contributed by atoms with Crippen molar-refractivity contribution in [1.29, 1.82) is 0 Å². The Morgan fingerprint density at radius 3 is 1.60 bits per heavy atom. The normalized spacial score (nSPS) is 10.0. The van der Waals surface area contributed by atoms with Gasteiger partial charge in [-0.2, -0.15) is 0 Å². The minimum atomic E-state index is -0.0892. The summed E-state index contributed by atoms with van der Waals surface area (Å²) >= 11 is 0. The number of carbonyl (C=O) groups excluding carboxylic acids is 1. The Balaban J connectivity index is -0.000000282. The summed E-state index contributed by atoms with van der Waals surface area (Å²) in [4.78, 5) is 15.2. The maximum atomic E-state index is 11.1. The maximum Gasteiger partial charge on any atom is 0.314 e. The van der Waals surface area contributed by atoms with Gasteiger partial charge in [-0.05, 0) is 28.2 Å². The molecule has 96 valence electrons. The largest absolute Gasteiger partial charge is 0.337 e. The van der Waals surface area contributed by atoms with Gasteiger partial charge in [0.2, 0.25) is 0 Å². The van der Waals surface area contributed by atoms with Gasteiger partial charge >= 0.3 is 6.03 Å². The Hall–Kier alpha value is -0.810. The molecule has 0 radical (unpaired) electrons. The van der Waals surface area contributed by atoms with Gasteiger partial charge in [0.25, 0.3) is 0 Å². The molecule has 0 unspecified atom stereocenters. The van der Waals surface area contributed by atoms with E-state index in [-0.39, 0.29) is 16.3 Å². The average Bonchev–Trinajstić information content (AvgIpc) is 2.02. The van der Waals surface area contributed by atoms with Crippen LogP contribution in [0.4, 0.5) is 4.79 Å². The van der Waals surface area contributed by atoms with E-state index >= 15 is 0 Å². The van der Waals surface area contributed by atoms with E-state index in [2.05, 4.69) is 10.6 Å². The first-order valence-corrected chi connectivity index (χ1v) is 4.83. The summed E-state index contributed by atoms with van der Waals surface area (Å²) in [7, 11) is 7.91. The quantitative estimate of drug-likeness (QED) is 0.689. The number of amides is 2. The second-order valence-corrected chi connectivity index (χ2v) is 3.79. The minimum Gasteiger partial charge on any atom is -0.337 e. The van der Waals surface area contributed by atoms with Gasteiger partial charge in [0, 0.05) is 29.0 Å². The van der Waals surface area contributed by atoms with Crippen molar-refractivity contribution >= 4 is 6.03 Å². The fraction of sp³-hybridized carbons (Fsp3) is 0.900. The number of nitrogens with zero attached hydrogens (tertiary/aromatic N) is 2. The van der Waals surface area contributed by atoms with Crippen molar-refractivity contribution in [3.05, 3.63) is 0 Å². The lowest BCUT2D eigenvalue weighted by atomic mass is 10.5. The number of likely N-dealkylation sites (N-methyl/N-ethyl adjacent to an activating group) is 2. The highest BCUT2D eigenvalue weighted by molar-refractivity contribution is 5.73. The molecule has 0 saturated heterocycles. The molecule has 0 bridgehead atoms. The zero-order valence-corrected chi connectivity index (χ0v) is 9.63. The van der Waals surface area contributed by atoms with Crippen molar-refractivity contribution in [2.75, 3.05) is 54.4 Å². The first-order valence-electron chi connectivity index (χ1n) is 4.83. The Bertz CT molecular complexity index is 152. The van der Waals surface area contributed by atoms with Crippen molar-refractivity contribution in [2.24, 2.45) is 0 Å². The van der Waals surface area contributed by atoms with Gasteiger partial charge in [-0.15, -0.1) is 0 Å². The van der Waals surface area contributed by atoms with Gasteiger partial charge in [-0.3, -0.25) is 0 Å². The topological polar surface area (TPSA) is 47.6 Å². The molecule has 0 aliphatic heterocycles. The molecule has 2 N–H and O–H groups in total. The highest BCUT2D eigenvalue weighted by atomic mass is 16.2. The van der Waals surface area contributed by atoms with Gasteiger partial charge in [0.15, 0.2) is 0 Å². The first-order chi connectivity index (χ1) is 6.52. The summed E-state index contributed by atoms with van der Waals surface area (Å²) in [5.41, 5.74) is 0. The van der Waals surface area contributed by atoms with Crippen LogP contribution in [0.15, 0.2) is 0 Å². The standard InChI is InChI=1S/C9H22N4O.CH4.2H2/c1-12(2)7-5-10-9(14)11-6-8-13(3)4;;;/h5-8H2,1-4H3,(H2,10,11,14);1H4;2*1H.